The van der Waals surface area contributed by atoms with Gasteiger partial charge in [0.25, 0.3) is 5.91 Å². The standard InChI is InChI=1S/C13H12ClN3O3/c1-17-5-3-13(19,12(17)18)10-7-9(16-20-10)8-2-4-15-11(14)6-8/h2,4,6-7,19H,3,5H2,1H3. The molecule has 0 spiro atoms. The highest BCUT2D eigenvalue weighted by molar-refractivity contribution is 6.29. The van der Waals surface area contributed by atoms with Gasteiger partial charge >= 0.3 is 0 Å². The van der Waals surface area contributed by atoms with E-state index in [0.717, 1.165) is 0 Å². The molecular formula is C13H12ClN3O3. The van der Waals surface area contributed by atoms with Crippen LogP contribution in [0.15, 0.2) is 28.9 Å². The highest BCUT2D eigenvalue weighted by Gasteiger charge is 2.48. The third-order valence-corrected chi connectivity index (χ3v) is 3.66. The minimum absolute atomic E-state index is 0.148. The van der Waals surface area contributed by atoms with Crippen LogP contribution in [0.5, 0.6) is 0 Å². The monoisotopic (exact) mass is 293 g/mol. The lowest BCUT2D eigenvalue weighted by molar-refractivity contribution is -0.144. The zero-order valence-electron chi connectivity index (χ0n) is 10.7. The van der Waals surface area contributed by atoms with Crippen LogP contribution >= 0.6 is 11.6 Å². The van der Waals surface area contributed by atoms with E-state index in [1.807, 2.05) is 0 Å². The van der Waals surface area contributed by atoms with Gasteiger partial charge in [0.05, 0.1) is 0 Å². The Morgan fingerprint density at radius 3 is 2.95 bits per heavy atom. The van der Waals surface area contributed by atoms with Crippen molar-refractivity contribution in [1.29, 1.82) is 0 Å². The molecule has 0 radical (unpaired) electrons. The Morgan fingerprint density at radius 2 is 2.30 bits per heavy atom. The minimum Gasteiger partial charge on any atom is -0.373 e. The number of carbonyl (C=O) groups excluding carboxylic acids is 1. The third kappa shape index (κ3) is 1.97. The molecule has 3 rings (SSSR count). The van der Waals surface area contributed by atoms with Crippen molar-refractivity contribution in [3.05, 3.63) is 35.3 Å². The van der Waals surface area contributed by atoms with Crippen molar-refractivity contribution in [1.82, 2.24) is 15.0 Å². The van der Waals surface area contributed by atoms with Crippen molar-refractivity contribution >= 4 is 17.5 Å². The van der Waals surface area contributed by atoms with Gasteiger partial charge in [0, 0.05) is 37.8 Å². The number of pyridine rings is 1. The van der Waals surface area contributed by atoms with Gasteiger partial charge in [-0.05, 0) is 12.1 Å². The molecule has 2 aromatic rings. The summed E-state index contributed by atoms with van der Waals surface area (Å²) in [5.41, 5.74) is -0.418. The summed E-state index contributed by atoms with van der Waals surface area (Å²) in [6.07, 6.45) is 1.84. The maximum absolute atomic E-state index is 12.0. The van der Waals surface area contributed by atoms with Gasteiger partial charge in [-0.15, -0.1) is 0 Å². The van der Waals surface area contributed by atoms with E-state index >= 15 is 0 Å². The number of hydrogen-bond acceptors (Lipinski definition) is 5. The Balaban J connectivity index is 1.97. The van der Waals surface area contributed by atoms with E-state index in [1.54, 1.807) is 31.4 Å². The first-order chi connectivity index (χ1) is 9.50. The molecule has 6 nitrogen and oxygen atoms in total. The SMILES string of the molecule is CN1CCC(O)(c2cc(-c3ccnc(Cl)c3)no2)C1=O. The van der Waals surface area contributed by atoms with Crippen molar-refractivity contribution < 1.29 is 14.4 Å². The van der Waals surface area contributed by atoms with Crippen LogP contribution in [0, 0.1) is 0 Å². The van der Waals surface area contributed by atoms with Gasteiger partial charge in [0.2, 0.25) is 5.60 Å². The number of likely N-dealkylation sites (N-methyl/N-ethyl adjacent to an activating group) is 1. The predicted octanol–water partition coefficient (Wildman–Crippen LogP) is 1.44. The summed E-state index contributed by atoms with van der Waals surface area (Å²) in [4.78, 5) is 17.3. The molecule has 1 amide bonds. The van der Waals surface area contributed by atoms with E-state index in [9.17, 15) is 9.90 Å². The van der Waals surface area contributed by atoms with Crippen molar-refractivity contribution in [3.63, 3.8) is 0 Å². The first-order valence-electron chi connectivity index (χ1n) is 6.08. The molecule has 1 aliphatic rings. The van der Waals surface area contributed by atoms with E-state index in [0.29, 0.717) is 23.0 Å². The fourth-order valence-corrected chi connectivity index (χ4v) is 2.42. The smallest absolute Gasteiger partial charge is 0.262 e. The average molecular weight is 294 g/mol. The number of likely N-dealkylation sites (tertiary alicyclic amines) is 1. The van der Waals surface area contributed by atoms with Crippen LogP contribution in [0.25, 0.3) is 11.3 Å². The molecule has 1 fully saturated rings. The van der Waals surface area contributed by atoms with E-state index in [-0.39, 0.29) is 18.1 Å². The zero-order chi connectivity index (χ0) is 14.3. The molecule has 7 heteroatoms. The third-order valence-electron chi connectivity index (χ3n) is 3.45. The van der Waals surface area contributed by atoms with Crippen LogP contribution in [0.2, 0.25) is 5.15 Å². The van der Waals surface area contributed by atoms with Crippen molar-refractivity contribution in [3.8, 4) is 11.3 Å². The normalized spacial score (nSPS) is 22.6. The molecule has 1 N–H and O–H groups in total. The maximum Gasteiger partial charge on any atom is 0.262 e. The molecule has 0 saturated carbocycles. The summed E-state index contributed by atoms with van der Waals surface area (Å²) in [6.45, 7) is 0.479. The lowest BCUT2D eigenvalue weighted by Gasteiger charge is -2.16. The van der Waals surface area contributed by atoms with Crippen molar-refractivity contribution in [2.24, 2.45) is 0 Å². The summed E-state index contributed by atoms with van der Waals surface area (Å²) in [5.74, 6) is -0.234. The number of aliphatic hydroxyl groups is 1. The second-order valence-corrected chi connectivity index (χ2v) is 5.17. The van der Waals surface area contributed by atoms with E-state index in [4.69, 9.17) is 16.1 Å². The number of carbonyl (C=O) groups is 1. The summed E-state index contributed by atoms with van der Waals surface area (Å²) in [7, 11) is 1.64. The lowest BCUT2D eigenvalue weighted by Crippen LogP contribution is -2.35. The largest absolute Gasteiger partial charge is 0.373 e. The zero-order valence-corrected chi connectivity index (χ0v) is 11.5. The van der Waals surface area contributed by atoms with Crippen LogP contribution in [-0.2, 0) is 10.4 Å². The van der Waals surface area contributed by atoms with E-state index < -0.39 is 5.60 Å². The molecule has 3 heterocycles. The summed E-state index contributed by atoms with van der Waals surface area (Å²) in [5, 5.41) is 14.7. The molecule has 104 valence electrons. The Hall–Kier alpha value is -1.92. The van der Waals surface area contributed by atoms with Crippen LogP contribution in [0.1, 0.15) is 12.2 Å². The van der Waals surface area contributed by atoms with Gasteiger partial charge in [-0.25, -0.2) is 4.98 Å². The van der Waals surface area contributed by atoms with Gasteiger partial charge in [-0.2, -0.15) is 0 Å². The van der Waals surface area contributed by atoms with Crippen LogP contribution in [0.3, 0.4) is 0 Å². The highest BCUT2D eigenvalue weighted by Crippen LogP contribution is 2.34. The Morgan fingerprint density at radius 1 is 1.50 bits per heavy atom. The maximum atomic E-state index is 12.0. The van der Waals surface area contributed by atoms with Gasteiger partial charge in [0.15, 0.2) is 5.76 Å². The molecule has 1 saturated heterocycles. The van der Waals surface area contributed by atoms with Crippen molar-refractivity contribution in [2.75, 3.05) is 13.6 Å². The first-order valence-corrected chi connectivity index (χ1v) is 6.45. The van der Waals surface area contributed by atoms with Gasteiger partial charge < -0.3 is 14.5 Å². The predicted molar refractivity (Wildman–Crippen MR) is 70.9 cm³/mol. The van der Waals surface area contributed by atoms with Gasteiger partial charge in [-0.3, -0.25) is 4.79 Å². The molecule has 0 aliphatic carbocycles. The molecule has 2 aromatic heterocycles. The van der Waals surface area contributed by atoms with Crippen molar-refractivity contribution in [2.45, 2.75) is 12.0 Å². The highest BCUT2D eigenvalue weighted by atomic mass is 35.5. The van der Waals surface area contributed by atoms with Gasteiger partial charge in [-0.1, -0.05) is 16.8 Å². The molecule has 1 unspecified atom stereocenters. The first kappa shape index (κ1) is 13.1. The number of amides is 1. The fraction of sp³-hybridized carbons (Fsp3) is 0.308. The second kappa shape index (κ2) is 4.57. The number of aromatic nitrogens is 2. The van der Waals surface area contributed by atoms with Crippen LogP contribution < -0.4 is 0 Å². The Bertz CT molecular complexity index is 672. The number of nitrogens with zero attached hydrogens (tertiary/aromatic N) is 3. The van der Waals surface area contributed by atoms with Crippen LogP contribution in [-0.4, -0.2) is 39.6 Å². The number of rotatable bonds is 2. The quantitative estimate of drug-likeness (QED) is 0.848. The Kier molecular flexibility index (Phi) is 2.99. The summed E-state index contributed by atoms with van der Waals surface area (Å²) in [6, 6.07) is 4.92. The molecule has 20 heavy (non-hydrogen) atoms. The van der Waals surface area contributed by atoms with Crippen LogP contribution in [0.4, 0.5) is 0 Å². The summed E-state index contributed by atoms with van der Waals surface area (Å²) >= 11 is 5.82. The molecule has 0 bridgehead atoms. The minimum atomic E-state index is -1.63. The number of hydrogen-bond donors (Lipinski definition) is 1. The number of halogens is 1. The second-order valence-electron chi connectivity index (χ2n) is 4.78. The summed E-state index contributed by atoms with van der Waals surface area (Å²) < 4.78 is 5.15. The lowest BCUT2D eigenvalue weighted by atomic mass is 9.98. The molecule has 0 aromatic carbocycles. The molecular weight excluding hydrogens is 282 g/mol. The molecule has 1 aliphatic heterocycles. The van der Waals surface area contributed by atoms with Gasteiger partial charge in [0.1, 0.15) is 10.8 Å². The average Bonchev–Trinajstić information content (AvgIpc) is 3.02. The molecule has 1 atom stereocenters. The fourth-order valence-electron chi connectivity index (χ4n) is 2.25. The topological polar surface area (TPSA) is 79.5 Å². The van der Waals surface area contributed by atoms with E-state index in [1.165, 1.54) is 4.90 Å². The van der Waals surface area contributed by atoms with E-state index in [2.05, 4.69) is 10.1 Å². The Labute approximate surface area is 120 Å².